The van der Waals surface area contributed by atoms with Gasteiger partial charge in [-0.05, 0) is 86.3 Å². The van der Waals surface area contributed by atoms with Crippen LogP contribution in [0.15, 0.2) is 24.3 Å². The van der Waals surface area contributed by atoms with E-state index in [4.69, 9.17) is 0 Å². The lowest BCUT2D eigenvalue weighted by atomic mass is 9.54. The molecule has 0 radical (unpaired) electrons. The minimum Gasteiger partial charge on any atom is -0.379 e. The van der Waals surface area contributed by atoms with E-state index in [-0.39, 0.29) is 11.7 Å². The number of benzene rings is 1. The first-order chi connectivity index (χ1) is 13.5. The number of amides is 1. The number of halogens is 1. The van der Waals surface area contributed by atoms with Crippen molar-refractivity contribution in [2.24, 2.45) is 23.7 Å². The van der Waals surface area contributed by atoms with Crippen molar-refractivity contribution in [3.8, 4) is 0 Å². The molecule has 5 aliphatic rings. The van der Waals surface area contributed by atoms with Crippen LogP contribution in [0.25, 0.3) is 0 Å². The third-order valence-corrected chi connectivity index (χ3v) is 7.85. The van der Waals surface area contributed by atoms with Crippen molar-refractivity contribution in [2.75, 3.05) is 13.1 Å². The zero-order valence-corrected chi connectivity index (χ0v) is 16.4. The van der Waals surface area contributed by atoms with E-state index in [0.717, 1.165) is 35.7 Å². The second-order valence-electron chi connectivity index (χ2n) is 9.83. The van der Waals surface area contributed by atoms with Gasteiger partial charge in [0.25, 0.3) is 5.91 Å². The van der Waals surface area contributed by atoms with Crippen molar-refractivity contribution < 1.29 is 14.3 Å². The highest BCUT2D eigenvalue weighted by atomic mass is 19.1. The van der Waals surface area contributed by atoms with Gasteiger partial charge in [-0.2, -0.15) is 0 Å². The van der Waals surface area contributed by atoms with Crippen LogP contribution in [0.1, 0.15) is 50.5 Å². The molecule has 5 heteroatoms. The number of aliphatic hydroxyl groups is 1. The Bertz CT molecular complexity index is 709. The summed E-state index contributed by atoms with van der Waals surface area (Å²) in [6, 6.07) is 6.73. The van der Waals surface area contributed by atoms with Gasteiger partial charge in [-0.25, -0.2) is 4.39 Å². The van der Waals surface area contributed by atoms with E-state index in [1.165, 1.54) is 44.2 Å². The first-order valence-corrected chi connectivity index (χ1v) is 11.0. The molecule has 4 saturated carbocycles. The summed E-state index contributed by atoms with van der Waals surface area (Å²) in [5, 5.41) is 14.8. The Hall–Kier alpha value is -1.46. The van der Waals surface area contributed by atoms with Crippen LogP contribution < -0.4 is 5.32 Å². The molecular weight excluding hydrogens is 355 g/mol. The van der Waals surface area contributed by atoms with Crippen molar-refractivity contribution in [3.63, 3.8) is 0 Å². The molecule has 28 heavy (non-hydrogen) atoms. The number of carbonyl (C=O) groups is 1. The largest absolute Gasteiger partial charge is 0.379 e. The van der Waals surface area contributed by atoms with Gasteiger partial charge in [0, 0.05) is 25.7 Å². The average Bonchev–Trinajstić information content (AvgIpc) is 2.66. The number of nitrogens with one attached hydrogen (secondary N) is 1. The van der Waals surface area contributed by atoms with Gasteiger partial charge in [0.1, 0.15) is 5.82 Å². The fourth-order valence-corrected chi connectivity index (χ4v) is 6.74. The molecule has 1 aromatic rings. The lowest BCUT2D eigenvalue weighted by Crippen LogP contribution is -2.62. The third kappa shape index (κ3) is 3.37. The summed E-state index contributed by atoms with van der Waals surface area (Å²) in [7, 11) is 0. The van der Waals surface area contributed by atoms with Gasteiger partial charge >= 0.3 is 0 Å². The molecule has 5 fully saturated rings. The van der Waals surface area contributed by atoms with Crippen LogP contribution in [0, 0.1) is 29.5 Å². The molecule has 1 saturated heterocycles. The Morgan fingerprint density at radius 3 is 2.36 bits per heavy atom. The summed E-state index contributed by atoms with van der Waals surface area (Å²) < 4.78 is 13.1. The maximum Gasteiger partial charge on any atom is 0.256 e. The fourth-order valence-electron chi connectivity index (χ4n) is 6.74. The Labute approximate surface area is 166 Å². The zero-order valence-electron chi connectivity index (χ0n) is 16.4. The van der Waals surface area contributed by atoms with Gasteiger partial charge in [0.2, 0.25) is 0 Å². The van der Waals surface area contributed by atoms with Crippen molar-refractivity contribution in [1.29, 1.82) is 0 Å². The molecule has 152 valence electrons. The molecule has 1 heterocycles. The van der Waals surface area contributed by atoms with Gasteiger partial charge in [-0.3, -0.25) is 4.79 Å². The maximum absolute atomic E-state index is 13.1. The minimum atomic E-state index is -1.31. The summed E-state index contributed by atoms with van der Waals surface area (Å²) in [6.45, 7) is 1.44. The van der Waals surface area contributed by atoms with Crippen LogP contribution in [0.5, 0.6) is 0 Å². The molecule has 4 bridgehead atoms. The van der Waals surface area contributed by atoms with Crippen molar-refractivity contribution in [2.45, 2.75) is 63.1 Å². The molecule has 0 aromatic heterocycles. The zero-order chi connectivity index (χ0) is 19.3. The number of piperidine rings is 1. The van der Waals surface area contributed by atoms with Crippen molar-refractivity contribution in [1.82, 2.24) is 10.2 Å². The number of nitrogens with zero attached hydrogens (tertiary/aromatic N) is 1. The van der Waals surface area contributed by atoms with Gasteiger partial charge in [0.15, 0.2) is 5.60 Å². The van der Waals surface area contributed by atoms with Gasteiger partial charge < -0.3 is 15.3 Å². The first kappa shape index (κ1) is 18.6. The normalized spacial score (nSPS) is 39.6. The number of hydrogen-bond donors (Lipinski definition) is 2. The van der Waals surface area contributed by atoms with E-state index >= 15 is 0 Å². The molecule has 1 aliphatic heterocycles. The summed E-state index contributed by atoms with van der Waals surface area (Å²) in [6.07, 6.45) is 8.06. The number of carbonyl (C=O) groups excluding carboxylic acids is 1. The van der Waals surface area contributed by atoms with Crippen molar-refractivity contribution in [3.05, 3.63) is 35.6 Å². The monoisotopic (exact) mass is 386 g/mol. The third-order valence-electron chi connectivity index (χ3n) is 7.85. The van der Waals surface area contributed by atoms with Crippen LogP contribution in [-0.4, -0.2) is 40.6 Å². The van der Waals surface area contributed by atoms with Crippen LogP contribution in [0.4, 0.5) is 4.39 Å². The SMILES string of the molecule is O=C1N(Cc2ccc(F)cc2)CCC[C@]1(O)CNC1C2CC3CC(C2)CC1C3. The summed E-state index contributed by atoms with van der Waals surface area (Å²) in [5.74, 6) is 2.85. The lowest BCUT2D eigenvalue weighted by molar-refractivity contribution is -0.158. The molecule has 4 aliphatic carbocycles. The smallest absolute Gasteiger partial charge is 0.256 e. The number of hydrogen-bond acceptors (Lipinski definition) is 3. The Morgan fingerprint density at radius 1 is 1.07 bits per heavy atom. The van der Waals surface area contributed by atoms with Crippen LogP contribution in [0.2, 0.25) is 0 Å². The number of likely N-dealkylation sites (tertiary alicyclic amines) is 1. The fraction of sp³-hybridized carbons (Fsp3) is 0.696. The predicted molar refractivity (Wildman–Crippen MR) is 105 cm³/mol. The Morgan fingerprint density at radius 2 is 1.71 bits per heavy atom. The molecule has 0 unspecified atom stereocenters. The highest BCUT2D eigenvalue weighted by molar-refractivity contribution is 5.86. The van der Waals surface area contributed by atoms with Crippen molar-refractivity contribution >= 4 is 5.91 Å². The molecule has 1 aromatic carbocycles. The van der Waals surface area contributed by atoms with E-state index in [1.807, 2.05) is 0 Å². The van der Waals surface area contributed by atoms with E-state index in [9.17, 15) is 14.3 Å². The molecular formula is C23H31FN2O2. The van der Waals surface area contributed by atoms with Crippen LogP contribution >= 0.6 is 0 Å². The maximum atomic E-state index is 13.1. The molecule has 6 rings (SSSR count). The summed E-state index contributed by atoms with van der Waals surface area (Å²) >= 11 is 0. The Kier molecular flexibility index (Phi) is 4.71. The topological polar surface area (TPSA) is 52.6 Å². The molecule has 1 atom stereocenters. The molecule has 2 N–H and O–H groups in total. The van der Waals surface area contributed by atoms with Gasteiger partial charge in [-0.15, -0.1) is 0 Å². The van der Waals surface area contributed by atoms with E-state index in [1.54, 1.807) is 17.0 Å². The van der Waals surface area contributed by atoms with Gasteiger partial charge in [0.05, 0.1) is 0 Å². The van der Waals surface area contributed by atoms with E-state index in [2.05, 4.69) is 5.32 Å². The summed E-state index contributed by atoms with van der Waals surface area (Å²) in [4.78, 5) is 14.8. The molecule has 0 spiro atoms. The van der Waals surface area contributed by atoms with E-state index < -0.39 is 5.60 Å². The standard InChI is InChI=1S/C23H31FN2O2/c24-20-4-2-15(3-5-20)13-26-7-1-6-23(28,22(26)27)14-25-21-18-9-16-8-17(11-18)12-19(21)10-16/h2-5,16-19,21,25,28H,1,6-14H2/t16?,17?,18?,19?,21?,23-/m0/s1. The highest BCUT2D eigenvalue weighted by Gasteiger charge is 2.49. The highest BCUT2D eigenvalue weighted by Crippen LogP contribution is 2.53. The second kappa shape index (κ2) is 7.10. The van der Waals surface area contributed by atoms with Crippen LogP contribution in [0.3, 0.4) is 0 Å². The number of rotatable bonds is 5. The molecule has 4 nitrogen and oxygen atoms in total. The second-order valence-corrected chi connectivity index (χ2v) is 9.83. The Balaban J connectivity index is 1.23. The molecule has 1 amide bonds. The predicted octanol–water partition coefficient (Wildman–Crippen LogP) is 3.09. The average molecular weight is 387 g/mol. The van der Waals surface area contributed by atoms with Crippen LogP contribution in [-0.2, 0) is 11.3 Å². The van der Waals surface area contributed by atoms with E-state index in [0.29, 0.717) is 32.1 Å². The first-order valence-electron chi connectivity index (χ1n) is 11.0. The minimum absolute atomic E-state index is 0.181. The lowest BCUT2D eigenvalue weighted by Gasteiger charge is -2.55. The quantitative estimate of drug-likeness (QED) is 0.818. The van der Waals surface area contributed by atoms with Gasteiger partial charge in [-0.1, -0.05) is 12.1 Å². The summed E-state index contributed by atoms with van der Waals surface area (Å²) in [5.41, 5.74) is -0.416.